The highest BCUT2D eigenvalue weighted by Crippen LogP contribution is 2.57. The Balaban J connectivity index is 1.89. The molecule has 4 heteroatoms. The highest BCUT2D eigenvalue weighted by atomic mass is 16.7. The van der Waals surface area contributed by atoms with E-state index in [1.165, 1.54) is 6.42 Å². The molecule has 4 bridgehead atoms. The van der Waals surface area contributed by atoms with Crippen LogP contribution in [0.3, 0.4) is 0 Å². The van der Waals surface area contributed by atoms with Gasteiger partial charge in [-0.1, -0.05) is 0 Å². The third-order valence-electron chi connectivity index (χ3n) is 4.36. The van der Waals surface area contributed by atoms with Crippen molar-refractivity contribution < 1.29 is 14.6 Å². The van der Waals surface area contributed by atoms with Crippen LogP contribution < -0.4 is 5.73 Å². The molecule has 0 saturated heterocycles. The second-order valence-corrected chi connectivity index (χ2v) is 5.87. The van der Waals surface area contributed by atoms with E-state index in [1.54, 1.807) is 0 Å². The van der Waals surface area contributed by atoms with E-state index in [2.05, 4.69) is 0 Å². The lowest BCUT2D eigenvalue weighted by atomic mass is 9.51. The van der Waals surface area contributed by atoms with E-state index in [0.29, 0.717) is 11.8 Å². The molecule has 0 heterocycles. The molecule has 4 aliphatic carbocycles. The quantitative estimate of drug-likeness (QED) is 0.648. The van der Waals surface area contributed by atoms with Gasteiger partial charge in [0.05, 0.1) is 0 Å². The van der Waals surface area contributed by atoms with Gasteiger partial charge in [0.1, 0.15) is 5.60 Å². The van der Waals surface area contributed by atoms with E-state index < -0.39 is 11.8 Å². The number of nitrogens with two attached hydrogens (primary N) is 1. The Morgan fingerprint density at radius 2 is 1.87 bits per heavy atom. The molecule has 0 aromatic rings. The van der Waals surface area contributed by atoms with Crippen LogP contribution in [0.2, 0.25) is 0 Å². The fourth-order valence-electron chi connectivity index (χ4n) is 4.55. The molecule has 0 aromatic carbocycles. The molecule has 4 fully saturated rings. The average Bonchev–Trinajstić information content (AvgIpc) is 1.94. The molecular weight excluding hydrogens is 194 g/mol. The van der Waals surface area contributed by atoms with Gasteiger partial charge in [-0.2, -0.15) is 0 Å². The topological polar surface area (TPSA) is 72.5 Å². The molecule has 2 unspecified atom stereocenters. The zero-order chi connectivity index (χ0) is 10.7. The molecule has 2 atom stereocenters. The fourth-order valence-corrected chi connectivity index (χ4v) is 4.55. The highest BCUT2D eigenvalue weighted by Gasteiger charge is 2.58. The van der Waals surface area contributed by atoms with Gasteiger partial charge in [0.15, 0.2) is 0 Å². The molecule has 4 rings (SSSR count). The van der Waals surface area contributed by atoms with Gasteiger partial charge in [-0.15, -0.1) is 0 Å². The van der Waals surface area contributed by atoms with Crippen molar-refractivity contribution in [2.24, 2.45) is 17.6 Å². The van der Waals surface area contributed by atoms with Crippen molar-refractivity contribution in [2.45, 2.75) is 49.7 Å². The van der Waals surface area contributed by atoms with Crippen LogP contribution in [0.25, 0.3) is 0 Å². The second kappa shape index (κ2) is 2.67. The number of ether oxygens (including phenoxy) is 1. The SMILES string of the molecule is NC12CC3CC(C1)CC(OC(=O)O)(C3)C2. The van der Waals surface area contributed by atoms with Crippen LogP contribution in [0.5, 0.6) is 0 Å². The molecule has 0 amide bonds. The van der Waals surface area contributed by atoms with E-state index in [-0.39, 0.29) is 5.54 Å². The van der Waals surface area contributed by atoms with E-state index in [9.17, 15) is 4.79 Å². The van der Waals surface area contributed by atoms with Gasteiger partial charge in [-0.05, 0) is 43.9 Å². The first-order valence-corrected chi connectivity index (χ1v) is 5.70. The van der Waals surface area contributed by atoms with Crippen molar-refractivity contribution in [1.82, 2.24) is 0 Å². The van der Waals surface area contributed by atoms with Crippen molar-refractivity contribution in [3.63, 3.8) is 0 Å². The van der Waals surface area contributed by atoms with Gasteiger partial charge in [-0.3, -0.25) is 0 Å². The molecule has 0 spiro atoms. The zero-order valence-corrected chi connectivity index (χ0v) is 8.74. The summed E-state index contributed by atoms with van der Waals surface area (Å²) in [7, 11) is 0. The van der Waals surface area contributed by atoms with Crippen LogP contribution in [-0.2, 0) is 4.74 Å². The van der Waals surface area contributed by atoms with Crippen LogP contribution in [-0.4, -0.2) is 22.4 Å². The second-order valence-electron chi connectivity index (χ2n) is 5.87. The third kappa shape index (κ3) is 1.42. The first-order valence-electron chi connectivity index (χ1n) is 5.70. The maximum atomic E-state index is 10.7. The normalized spacial score (nSPS) is 51.8. The Morgan fingerprint density at radius 3 is 2.33 bits per heavy atom. The van der Waals surface area contributed by atoms with Crippen molar-refractivity contribution >= 4 is 6.16 Å². The predicted molar refractivity (Wildman–Crippen MR) is 53.4 cm³/mol. The summed E-state index contributed by atoms with van der Waals surface area (Å²) in [6.07, 6.45) is 4.75. The number of hydrogen-bond donors (Lipinski definition) is 2. The van der Waals surface area contributed by atoms with Crippen LogP contribution in [0.4, 0.5) is 4.79 Å². The Hall–Kier alpha value is -0.770. The van der Waals surface area contributed by atoms with Crippen LogP contribution in [0.15, 0.2) is 0 Å². The largest absolute Gasteiger partial charge is 0.506 e. The van der Waals surface area contributed by atoms with E-state index in [1.807, 2.05) is 0 Å². The lowest BCUT2D eigenvalue weighted by Crippen LogP contribution is -2.63. The van der Waals surface area contributed by atoms with E-state index >= 15 is 0 Å². The molecular formula is C11H17NO3. The summed E-state index contributed by atoms with van der Waals surface area (Å²) in [6.45, 7) is 0. The molecule has 0 aromatic heterocycles. The van der Waals surface area contributed by atoms with Crippen molar-refractivity contribution in [3.8, 4) is 0 Å². The van der Waals surface area contributed by atoms with Crippen molar-refractivity contribution in [1.29, 1.82) is 0 Å². The molecule has 3 N–H and O–H groups in total. The summed E-state index contributed by atoms with van der Waals surface area (Å²) in [5, 5.41) is 8.79. The summed E-state index contributed by atoms with van der Waals surface area (Å²) in [4.78, 5) is 10.7. The minimum Gasteiger partial charge on any atom is -0.450 e. The molecule has 15 heavy (non-hydrogen) atoms. The molecule has 0 radical (unpaired) electrons. The van der Waals surface area contributed by atoms with Crippen molar-refractivity contribution in [2.75, 3.05) is 0 Å². The van der Waals surface area contributed by atoms with Gasteiger partial charge in [-0.25, -0.2) is 4.79 Å². The maximum absolute atomic E-state index is 10.7. The standard InChI is InChI=1S/C11H17NO3/c12-10-2-7-1-8(3-10)5-11(4-7,6-10)15-9(13)14/h7-8H,1-6,12H2,(H,13,14). The smallest absolute Gasteiger partial charge is 0.450 e. The Morgan fingerprint density at radius 1 is 1.27 bits per heavy atom. The lowest BCUT2D eigenvalue weighted by molar-refractivity contribution is -0.144. The van der Waals surface area contributed by atoms with E-state index in [4.69, 9.17) is 15.6 Å². The fraction of sp³-hybridized carbons (Fsp3) is 0.909. The maximum Gasteiger partial charge on any atom is 0.506 e. The minimum atomic E-state index is -1.14. The zero-order valence-electron chi connectivity index (χ0n) is 8.74. The first-order chi connectivity index (χ1) is 6.99. The Kier molecular flexibility index (Phi) is 1.68. The van der Waals surface area contributed by atoms with Gasteiger partial charge in [0.2, 0.25) is 0 Å². The molecule has 4 aliphatic rings. The summed E-state index contributed by atoms with van der Waals surface area (Å²) in [5.74, 6) is 1.19. The molecule has 84 valence electrons. The van der Waals surface area contributed by atoms with Crippen LogP contribution >= 0.6 is 0 Å². The monoisotopic (exact) mass is 211 g/mol. The highest BCUT2D eigenvalue weighted by molar-refractivity contribution is 5.57. The lowest BCUT2D eigenvalue weighted by Gasteiger charge is -2.59. The summed E-state index contributed by atoms with van der Waals surface area (Å²) in [6, 6.07) is 0. The first kappa shape index (κ1) is 9.46. The molecule has 4 saturated carbocycles. The van der Waals surface area contributed by atoms with Crippen LogP contribution in [0.1, 0.15) is 38.5 Å². The molecule has 0 aliphatic heterocycles. The predicted octanol–water partition coefficient (Wildman–Crippen LogP) is 1.73. The average molecular weight is 211 g/mol. The molecule has 4 nitrogen and oxygen atoms in total. The van der Waals surface area contributed by atoms with Gasteiger partial charge in [0, 0.05) is 12.0 Å². The number of rotatable bonds is 1. The number of hydrogen-bond acceptors (Lipinski definition) is 3. The number of carboxylic acid groups (broad SMARTS) is 1. The summed E-state index contributed by atoms with van der Waals surface area (Å²) >= 11 is 0. The summed E-state index contributed by atoms with van der Waals surface area (Å²) in [5.41, 5.74) is 5.73. The van der Waals surface area contributed by atoms with E-state index in [0.717, 1.165) is 32.1 Å². The van der Waals surface area contributed by atoms with Gasteiger partial charge in [0.25, 0.3) is 0 Å². The minimum absolute atomic E-state index is 0.139. The Labute approximate surface area is 88.8 Å². The van der Waals surface area contributed by atoms with Gasteiger partial charge < -0.3 is 15.6 Å². The van der Waals surface area contributed by atoms with Crippen LogP contribution in [0, 0.1) is 11.8 Å². The third-order valence-corrected chi connectivity index (χ3v) is 4.36. The summed E-state index contributed by atoms with van der Waals surface area (Å²) < 4.78 is 5.15. The van der Waals surface area contributed by atoms with Crippen molar-refractivity contribution in [3.05, 3.63) is 0 Å². The Bertz CT molecular complexity index is 301. The number of carbonyl (C=O) groups is 1. The van der Waals surface area contributed by atoms with Gasteiger partial charge >= 0.3 is 6.16 Å².